The van der Waals surface area contributed by atoms with Gasteiger partial charge < -0.3 is 5.32 Å². The minimum Gasteiger partial charge on any atom is -0.322 e. The molecular formula is C18H17ClF3NOS. The van der Waals surface area contributed by atoms with Crippen LogP contribution < -0.4 is 5.32 Å². The van der Waals surface area contributed by atoms with Crippen LogP contribution in [-0.2, 0) is 6.18 Å². The van der Waals surface area contributed by atoms with Crippen LogP contribution in [0, 0.1) is 0 Å². The Kier molecular flexibility index (Phi) is 5.74. The van der Waals surface area contributed by atoms with Crippen LogP contribution >= 0.6 is 23.4 Å². The number of rotatable bonds is 3. The zero-order valence-corrected chi connectivity index (χ0v) is 15.4. The lowest BCUT2D eigenvalue weighted by Crippen LogP contribution is -2.14. The van der Waals surface area contributed by atoms with E-state index in [9.17, 15) is 18.0 Å². The molecule has 0 spiro atoms. The molecule has 0 bridgehead atoms. The molecule has 1 amide bonds. The van der Waals surface area contributed by atoms with Crippen LogP contribution in [0.4, 0.5) is 18.9 Å². The summed E-state index contributed by atoms with van der Waals surface area (Å²) < 4.78 is 38.7. The number of hydrogen-bond donors (Lipinski definition) is 1. The number of halogens is 4. The minimum atomic E-state index is -4.61. The van der Waals surface area contributed by atoms with Crippen LogP contribution in [0.3, 0.4) is 0 Å². The summed E-state index contributed by atoms with van der Waals surface area (Å²) in [6, 6.07) is 10.2. The first kappa shape index (κ1) is 19.7. The van der Waals surface area contributed by atoms with Crippen molar-refractivity contribution in [3.63, 3.8) is 0 Å². The Morgan fingerprint density at radius 2 is 1.64 bits per heavy atom. The smallest absolute Gasteiger partial charge is 0.322 e. The number of benzene rings is 2. The average Bonchev–Trinajstić information content (AvgIpc) is 2.47. The monoisotopic (exact) mass is 387 g/mol. The quantitative estimate of drug-likeness (QED) is 0.609. The fourth-order valence-corrected chi connectivity index (χ4v) is 3.25. The van der Waals surface area contributed by atoms with Gasteiger partial charge in [0.2, 0.25) is 0 Å². The lowest BCUT2D eigenvalue weighted by molar-refractivity contribution is -0.137. The predicted octanol–water partition coefficient (Wildman–Crippen LogP) is 6.50. The van der Waals surface area contributed by atoms with Crippen molar-refractivity contribution in [3.05, 3.63) is 58.6 Å². The van der Waals surface area contributed by atoms with Crippen LogP contribution in [0.25, 0.3) is 0 Å². The van der Waals surface area contributed by atoms with Crippen molar-refractivity contribution < 1.29 is 18.0 Å². The highest BCUT2D eigenvalue weighted by molar-refractivity contribution is 8.00. The van der Waals surface area contributed by atoms with Crippen molar-refractivity contribution in [1.82, 2.24) is 0 Å². The molecule has 0 atom stereocenters. The number of hydrogen-bond acceptors (Lipinski definition) is 2. The molecule has 0 radical (unpaired) electrons. The first-order chi connectivity index (χ1) is 11.5. The fraction of sp³-hybridized carbons (Fsp3) is 0.278. The molecule has 7 heteroatoms. The largest absolute Gasteiger partial charge is 0.417 e. The summed E-state index contributed by atoms with van der Waals surface area (Å²) in [5.41, 5.74) is -0.629. The number of carbonyl (C=O) groups is 1. The van der Waals surface area contributed by atoms with Gasteiger partial charge in [-0.15, -0.1) is 11.8 Å². The first-order valence-electron chi connectivity index (χ1n) is 7.43. The fourth-order valence-electron chi connectivity index (χ4n) is 2.05. The van der Waals surface area contributed by atoms with Gasteiger partial charge in [0.15, 0.2) is 0 Å². The molecule has 0 unspecified atom stereocenters. The third-order valence-corrected chi connectivity index (χ3v) is 4.52. The highest BCUT2D eigenvalue weighted by atomic mass is 35.5. The van der Waals surface area contributed by atoms with Gasteiger partial charge in [-0.05, 0) is 42.5 Å². The summed E-state index contributed by atoms with van der Waals surface area (Å²) >= 11 is 7.24. The maximum atomic E-state index is 12.9. The third kappa shape index (κ3) is 5.68. The lowest BCUT2D eigenvalue weighted by atomic mass is 10.1. The third-order valence-electron chi connectivity index (χ3n) is 3.07. The molecule has 0 saturated carbocycles. The summed E-state index contributed by atoms with van der Waals surface area (Å²) in [5.74, 6) is -0.626. The minimum absolute atomic E-state index is 0.0576. The SMILES string of the molecule is CC(C)(C)Sc1ccc(NC(=O)c2ccc(Cl)c(C(F)(F)F)c2)cc1. The summed E-state index contributed by atoms with van der Waals surface area (Å²) in [6.07, 6.45) is -4.61. The van der Waals surface area contributed by atoms with Crippen molar-refractivity contribution in [2.24, 2.45) is 0 Å². The predicted molar refractivity (Wildman–Crippen MR) is 96.5 cm³/mol. The zero-order valence-electron chi connectivity index (χ0n) is 13.9. The molecule has 2 rings (SSSR count). The second-order valence-electron chi connectivity index (χ2n) is 6.39. The molecular weight excluding hydrogens is 371 g/mol. The van der Waals surface area contributed by atoms with E-state index in [4.69, 9.17) is 11.6 Å². The van der Waals surface area contributed by atoms with E-state index in [0.29, 0.717) is 5.69 Å². The number of thioether (sulfide) groups is 1. The van der Waals surface area contributed by atoms with E-state index in [-0.39, 0.29) is 10.3 Å². The van der Waals surface area contributed by atoms with Gasteiger partial charge in [-0.2, -0.15) is 13.2 Å². The Hall–Kier alpha value is -1.66. The molecule has 0 aliphatic rings. The maximum absolute atomic E-state index is 12.9. The van der Waals surface area contributed by atoms with Gasteiger partial charge in [-0.25, -0.2) is 0 Å². The zero-order chi connectivity index (χ0) is 18.8. The van der Waals surface area contributed by atoms with E-state index in [1.165, 1.54) is 6.07 Å². The molecule has 2 aromatic carbocycles. The van der Waals surface area contributed by atoms with E-state index in [2.05, 4.69) is 26.1 Å². The van der Waals surface area contributed by atoms with Gasteiger partial charge in [-0.1, -0.05) is 32.4 Å². The molecule has 0 fully saturated rings. The Morgan fingerprint density at radius 3 is 2.16 bits per heavy atom. The van der Waals surface area contributed by atoms with E-state index in [0.717, 1.165) is 17.0 Å². The number of carbonyl (C=O) groups excluding carboxylic acids is 1. The Morgan fingerprint density at radius 1 is 1.04 bits per heavy atom. The van der Waals surface area contributed by atoms with Crippen molar-refractivity contribution in [2.45, 2.75) is 36.6 Å². The van der Waals surface area contributed by atoms with Crippen LogP contribution in [-0.4, -0.2) is 10.7 Å². The average molecular weight is 388 g/mol. The molecule has 2 nitrogen and oxygen atoms in total. The van der Waals surface area contributed by atoms with Crippen molar-refractivity contribution in [2.75, 3.05) is 5.32 Å². The van der Waals surface area contributed by atoms with Crippen LogP contribution in [0.15, 0.2) is 47.4 Å². The molecule has 134 valence electrons. The Balaban J connectivity index is 2.15. The molecule has 0 aliphatic heterocycles. The van der Waals surface area contributed by atoms with Gasteiger partial charge in [0.1, 0.15) is 0 Å². The summed E-state index contributed by atoms with van der Waals surface area (Å²) in [5, 5.41) is 2.15. The topological polar surface area (TPSA) is 29.1 Å². The first-order valence-corrected chi connectivity index (χ1v) is 8.62. The van der Waals surface area contributed by atoms with Crippen LogP contribution in [0.2, 0.25) is 5.02 Å². The summed E-state index contributed by atoms with van der Waals surface area (Å²) in [6.45, 7) is 6.27. The van der Waals surface area contributed by atoms with Gasteiger partial charge in [-0.3, -0.25) is 4.79 Å². The second kappa shape index (κ2) is 7.30. The van der Waals surface area contributed by atoms with Crippen molar-refractivity contribution in [3.8, 4) is 0 Å². The molecule has 1 N–H and O–H groups in total. The highest BCUT2D eigenvalue weighted by Gasteiger charge is 2.33. The standard InChI is InChI=1S/C18H17ClF3NOS/c1-17(2,3)25-13-7-5-12(6-8-13)23-16(24)11-4-9-15(19)14(10-11)18(20,21)22/h4-10H,1-3H3,(H,23,24). The van der Waals surface area contributed by atoms with E-state index < -0.39 is 22.7 Å². The van der Waals surface area contributed by atoms with E-state index >= 15 is 0 Å². The highest BCUT2D eigenvalue weighted by Crippen LogP contribution is 2.35. The van der Waals surface area contributed by atoms with Gasteiger partial charge in [0.05, 0.1) is 10.6 Å². The molecule has 0 saturated heterocycles. The van der Waals surface area contributed by atoms with Crippen LogP contribution in [0.5, 0.6) is 0 Å². The van der Waals surface area contributed by atoms with Crippen molar-refractivity contribution in [1.29, 1.82) is 0 Å². The lowest BCUT2D eigenvalue weighted by Gasteiger charge is -2.17. The number of anilines is 1. The Bertz CT molecular complexity index is 767. The van der Waals surface area contributed by atoms with Gasteiger partial charge >= 0.3 is 6.18 Å². The molecule has 0 aliphatic carbocycles. The van der Waals surface area contributed by atoms with E-state index in [1.807, 2.05) is 12.1 Å². The molecule has 25 heavy (non-hydrogen) atoms. The normalized spacial score (nSPS) is 12.1. The van der Waals surface area contributed by atoms with Crippen molar-refractivity contribution >= 4 is 35.0 Å². The van der Waals surface area contributed by atoms with E-state index in [1.54, 1.807) is 23.9 Å². The second-order valence-corrected chi connectivity index (χ2v) is 8.69. The van der Waals surface area contributed by atoms with Crippen LogP contribution in [0.1, 0.15) is 36.7 Å². The summed E-state index contributed by atoms with van der Waals surface area (Å²) in [4.78, 5) is 13.2. The summed E-state index contributed by atoms with van der Waals surface area (Å²) in [7, 11) is 0. The molecule has 0 heterocycles. The Labute approximate surface area is 153 Å². The maximum Gasteiger partial charge on any atom is 0.417 e. The van der Waals surface area contributed by atoms with Gasteiger partial charge in [0, 0.05) is 20.9 Å². The number of nitrogens with one attached hydrogen (secondary N) is 1. The van der Waals surface area contributed by atoms with Gasteiger partial charge in [0.25, 0.3) is 5.91 Å². The molecule has 2 aromatic rings. The number of amides is 1. The molecule has 0 aromatic heterocycles. The number of alkyl halides is 3.